The van der Waals surface area contributed by atoms with Crippen LogP contribution in [0.15, 0.2) is 46.9 Å². The fourth-order valence-corrected chi connectivity index (χ4v) is 3.96. The second-order valence-corrected chi connectivity index (χ2v) is 7.23. The highest BCUT2D eigenvalue weighted by Gasteiger charge is 2.52. The van der Waals surface area contributed by atoms with Crippen molar-refractivity contribution in [1.29, 1.82) is 0 Å². The first kappa shape index (κ1) is 15.6. The molecule has 2 aromatic rings. The lowest BCUT2D eigenvalue weighted by Gasteiger charge is -2.14. The van der Waals surface area contributed by atoms with Crippen LogP contribution in [0.4, 0.5) is 0 Å². The van der Waals surface area contributed by atoms with Gasteiger partial charge in [-0.2, -0.15) is 0 Å². The molecule has 2 aromatic carbocycles. The largest absolute Gasteiger partial charge is 0.465 e. The summed E-state index contributed by atoms with van der Waals surface area (Å²) in [6.07, 6.45) is 1.06. The van der Waals surface area contributed by atoms with Crippen molar-refractivity contribution in [3.8, 4) is 0 Å². The first-order valence-electron chi connectivity index (χ1n) is 7.09. The number of hydrogen-bond donors (Lipinski definition) is 0. The third-order valence-corrected chi connectivity index (χ3v) is 5.32. The summed E-state index contributed by atoms with van der Waals surface area (Å²) in [6, 6.07) is 13.7. The molecule has 1 aliphatic carbocycles. The van der Waals surface area contributed by atoms with E-state index in [1.165, 1.54) is 18.2 Å². The van der Waals surface area contributed by atoms with Crippen LogP contribution in [0.2, 0.25) is 5.02 Å². The molecule has 0 heterocycles. The van der Waals surface area contributed by atoms with Crippen molar-refractivity contribution in [2.45, 2.75) is 24.7 Å². The normalized spacial score (nSPS) is 23.2. The lowest BCUT2D eigenvalue weighted by atomic mass is 9.92. The smallest absolute Gasteiger partial charge is 0.337 e. The Bertz CT molecular complexity index is 726. The molecule has 0 aliphatic heterocycles. The fraction of sp³-hybridized carbons (Fsp3) is 0.278. The van der Waals surface area contributed by atoms with Crippen LogP contribution in [0.3, 0.4) is 0 Å². The molecular formula is C18H16BrClO2. The monoisotopic (exact) mass is 378 g/mol. The van der Waals surface area contributed by atoms with Gasteiger partial charge >= 0.3 is 5.97 Å². The zero-order chi connectivity index (χ0) is 15.9. The van der Waals surface area contributed by atoms with E-state index in [1.54, 1.807) is 0 Å². The zero-order valence-electron chi connectivity index (χ0n) is 12.4. The third kappa shape index (κ3) is 2.68. The lowest BCUT2D eigenvalue weighted by molar-refractivity contribution is 0.0600. The van der Waals surface area contributed by atoms with Crippen molar-refractivity contribution >= 4 is 33.5 Å². The molecule has 0 saturated heterocycles. The van der Waals surface area contributed by atoms with Gasteiger partial charge in [0.2, 0.25) is 0 Å². The highest BCUT2D eigenvalue weighted by Crippen LogP contribution is 2.61. The molecule has 114 valence electrons. The summed E-state index contributed by atoms with van der Waals surface area (Å²) in [7, 11) is 1.39. The van der Waals surface area contributed by atoms with Crippen molar-refractivity contribution in [3.05, 3.63) is 68.7 Å². The van der Waals surface area contributed by atoms with E-state index in [4.69, 9.17) is 16.3 Å². The van der Waals surface area contributed by atoms with E-state index in [0.717, 1.165) is 15.9 Å². The Hall–Kier alpha value is -1.32. The topological polar surface area (TPSA) is 26.3 Å². The number of rotatable bonds is 3. The molecule has 0 N–H and O–H groups in total. The molecule has 0 bridgehead atoms. The van der Waals surface area contributed by atoms with Crippen molar-refractivity contribution in [3.63, 3.8) is 0 Å². The van der Waals surface area contributed by atoms with E-state index in [1.807, 2.05) is 36.4 Å². The Morgan fingerprint density at radius 2 is 1.95 bits per heavy atom. The molecule has 1 aliphatic rings. The summed E-state index contributed by atoms with van der Waals surface area (Å²) < 4.78 is 5.72. The van der Waals surface area contributed by atoms with Gasteiger partial charge in [-0.25, -0.2) is 4.79 Å². The summed E-state index contributed by atoms with van der Waals surface area (Å²) in [5.74, 6) is 0.124. The minimum absolute atomic E-state index is 0.0601. The second kappa shape index (κ2) is 5.71. The molecule has 4 heteroatoms. The number of benzene rings is 2. The number of ether oxygens (including phenoxy) is 1. The van der Waals surface area contributed by atoms with Gasteiger partial charge in [-0.1, -0.05) is 52.7 Å². The fourth-order valence-electron chi connectivity index (χ4n) is 3.07. The van der Waals surface area contributed by atoms with Gasteiger partial charge in [-0.15, -0.1) is 0 Å². The standard InChI is InChI=1S/C18H16BrClO2/c1-18(14-8-7-13(19)9-16(14)20)10-15(18)11-3-5-12(6-4-11)17(21)22-2/h3-9,15H,10H2,1-2H3. The van der Waals surface area contributed by atoms with E-state index in [-0.39, 0.29) is 11.4 Å². The number of halogens is 2. The van der Waals surface area contributed by atoms with Gasteiger partial charge in [0.15, 0.2) is 0 Å². The maximum absolute atomic E-state index is 11.5. The second-order valence-electron chi connectivity index (χ2n) is 5.91. The molecule has 2 atom stereocenters. The molecular weight excluding hydrogens is 364 g/mol. The van der Waals surface area contributed by atoms with Gasteiger partial charge in [0.05, 0.1) is 12.7 Å². The van der Waals surface area contributed by atoms with E-state index in [9.17, 15) is 4.79 Å². The van der Waals surface area contributed by atoms with E-state index >= 15 is 0 Å². The van der Waals surface area contributed by atoms with Crippen molar-refractivity contribution in [2.75, 3.05) is 7.11 Å². The van der Waals surface area contributed by atoms with E-state index in [2.05, 4.69) is 28.9 Å². The Morgan fingerprint density at radius 1 is 1.27 bits per heavy atom. The van der Waals surface area contributed by atoms with Crippen LogP contribution in [-0.2, 0) is 10.2 Å². The average Bonchev–Trinajstić information content (AvgIpc) is 3.19. The predicted molar refractivity (Wildman–Crippen MR) is 91.6 cm³/mol. The molecule has 0 aromatic heterocycles. The summed E-state index contributed by atoms with van der Waals surface area (Å²) in [5, 5.41) is 0.797. The van der Waals surface area contributed by atoms with E-state index < -0.39 is 0 Å². The molecule has 1 saturated carbocycles. The molecule has 2 unspecified atom stereocenters. The SMILES string of the molecule is COC(=O)c1ccc(C2CC2(C)c2ccc(Br)cc2Cl)cc1. The first-order valence-corrected chi connectivity index (χ1v) is 8.26. The number of carbonyl (C=O) groups is 1. The lowest BCUT2D eigenvalue weighted by Crippen LogP contribution is -2.05. The summed E-state index contributed by atoms with van der Waals surface area (Å²) in [6.45, 7) is 2.24. The van der Waals surface area contributed by atoms with E-state index in [0.29, 0.717) is 11.5 Å². The van der Waals surface area contributed by atoms with Gasteiger partial charge in [-0.05, 0) is 47.7 Å². The van der Waals surface area contributed by atoms with Crippen molar-refractivity contribution < 1.29 is 9.53 Å². The van der Waals surface area contributed by atoms with Crippen LogP contribution in [0, 0.1) is 0 Å². The maximum Gasteiger partial charge on any atom is 0.337 e. The summed E-state index contributed by atoms with van der Waals surface area (Å²) in [4.78, 5) is 11.5. The van der Waals surface area contributed by atoms with Crippen molar-refractivity contribution in [2.24, 2.45) is 0 Å². The predicted octanol–water partition coefficient (Wildman–Crippen LogP) is 5.33. The molecule has 0 radical (unpaired) electrons. The van der Waals surface area contributed by atoms with Gasteiger partial charge in [0.25, 0.3) is 0 Å². The molecule has 3 rings (SSSR count). The molecule has 2 nitrogen and oxygen atoms in total. The Balaban J connectivity index is 1.85. The van der Waals surface area contributed by atoms with Crippen LogP contribution in [-0.4, -0.2) is 13.1 Å². The van der Waals surface area contributed by atoms with Crippen molar-refractivity contribution in [1.82, 2.24) is 0 Å². The summed E-state index contributed by atoms with van der Waals surface area (Å²) in [5.41, 5.74) is 3.05. The van der Waals surface area contributed by atoms with Gasteiger partial charge < -0.3 is 4.74 Å². The van der Waals surface area contributed by atoms with Gasteiger partial charge in [0, 0.05) is 14.9 Å². The number of hydrogen-bond acceptors (Lipinski definition) is 2. The number of carbonyl (C=O) groups excluding carboxylic acids is 1. The molecule has 0 spiro atoms. The quantitative estimate of drug-likeness (QED) is 0.673. The maximum atomic E-state index is 11.5. The van der Waals surface area contributed by atoms with Crippen LogP contribution in [0.25, 0.3) is 0 Å². The molecule has 1 fully saturated rings. The Morgan fingerprint density at radius 3 is 2.55 bits per heavy atom. The van der Waals surface area contributed by atoms with Gasteiger partial charge in [-0.3, -0.25) is 0 Å². The number of methoxy groups -OCH3 is 1. The Labute approximate surface area is 143 Å². The number of esters is 1. The average molecular weight is 380 g/mol. The first-order chi connectivity index (χ1) is 10.5. The summed E-state index contributed by atoms with van der Waals surface area (Å²) >= 11 is 9.84. The zero-order valence-corrected chi connectivity index (χ0v) is 14.7. The van der Waals surface area contributed by atoms with Gasteiger partial charge in [0.1, 0.15) is 0 Å². The third-order valence-electron chi connectivity index (χ3n) is 4.52. The Kier molecular flexibility index (Phi) is 4.04. The minimum Gasteiger partial charge on any atom is -0.465 e. The van der Waals surface area contributed by atoms with Crippen LogP contribution in [0.1, 0.15) is 40.7 Å². The minimum atomic E-state index is -0.305. The molecule has 0 amide bonds. The van der Waals surface area contributed by atoms with Crippen LogP contribution in [0.5, 0.6) is 0 Å². The van der Waals surface area contributed by atoms with Crippen LogP contribution >= 0.6 is 27.5 Å². The highest BCUT2D eigenvalue weighted by atomic mass is 79.9. The molecule has 22 heavy (non-hydrogen) atoms. The highest BCUT2D eigenvalue weighted by molar-refractivity contribution is 9.10. The van der Waals surface area contributed by atoms with Crippen LogP contribution < -0.4 is 0 Å².